The SMILES string of the molecule is Cc1nn(C)c(N[C@H]2CCO[C@H]2c2ccccc2)c1[N+](=O)[O-]. The van der Waals surface area contributed by atoms with Gasteiger partial charge in [0.15, 0.2) is 0 Å². The van der Waals surface area contributed by atoms with Gasteiger partial charge in [0.2, 0.25) is 5.82 Å². The largest absolute Gasteiger partial charge is 0.371 e. The molecular weight excluding hydrogens is 284 g/mol. The molecule has 7 nitrogen and oxygen atoms in total. The van der Waals surface area contributed by atoms with E-state index in [4.69, 9.17) is 4.74 Å². The first-order valence-corrected chi connectivity index (χ1v) is 7.19. The van der Waals surface area contributed by atoms with E-state index in [1.807, 2.05) is 30.3 Å². The molecule has 22 heavy (non-hydrogen) atoms. The normalized spacial score (nSPS) is 21.0. The Bertz CT molecular complexity index is 684. The molecule has 1 aliphatic rings. The van der Waals surface area contributed by atoms with Crippen molar-refractivity contribution in [2.24, 2.45) is 7.05 Å². The van der Waals surface area contributed by atoms with Crippen LogP contribution in [0.4, 0.5) is 11.5 Å². The number of nitrogens with one attached hydrogen (secondary N) is 1. The highest BCUT2D eigenvalue weighted by Gasteiger charge is 2.33. The van der Waals surface area contributed by atoms with Gasteiger partial charge in [-0.1, -0.05) is 30.3 Å². The van der Waals surface area contributed by atoms with Crippen LogP contribution in [-0.4, -0.2) is 27.4 Å². The molecule has 0 aliphatic carbocycles. The third-order valence-electron chi connectivity index (χ3n) is 3.92. The lowest BCUT2D eigenvalue weighted by molar-refractivity contribution is -0.384. The van der Waals surface area contributed by atoms with Gasteiger partial charge in [-0.25, -0.2) is 4.68 Å². The molecule has 1 aliphatic heterocycles. The molecule has 2 aromatic rings. The number of hydrogen-bond donors (Lipinski definition) is 1. The fourth-order valence-electron chi connectivity index (χ4n) is 2.91. The average molecular weight is 302 g/mol. The van der Waals surface area contributed by atoms with Crippen LogP contribution < -0.4 is 5.32 Å². The topological polar surface area (TPSA) is 82.2 Å². The highest BCUT2D eigenvalue weighted by molar-refractivity contribution is 5.60. The van der Waals surface area contributed by atoms with Gasteiger partial charge >= 0.3 is 5.69 Å². The van der Waals surface area contributed by atoms with Gasteiger partial charge in [0.05, 0.1) is 11.0 Å². The minimum Gasteiger partial charge on any atom is -0.371 e. The summed E-state index contributed by atoms with van der Waals surface area (Å²) in [6.45, 7) is 2.27. The van der Waals surface area contributed by atoms with Crippen LogP contribution in [0.15, 0.2) is 30.3 Å². The second-order valence-electron chi connectivity index (χ2n) is 5.40. The Kier molecular flexibility index (Phi) is 3.81. The van der Waals surface area contributed by atoms with E-state index in [0.717, 1.165) is 12.0 Å². The van der Waals surface area contributed by atoms with Gasteiger partial charge in [-0.3, -0.25) is 10.1 Å². The number of nitrogens with zero attached hydrogens (tertiary/aromatic N) is 3. The first-order valence-electron chi connectivity index (χ1n) is 7.19. The maximum absolute atomic E-state index is 11.3. The minimum atomic E-state index is -0.391. The first kappa shape index (κ1) is 14.5. The summed E-state index contributed by atoms with van der Waals surface area (Å²) in [6, 6.07) is 9.88. The lowest BCUT2D eigenvalue weighted by Gasteiger charge is -2.20. The summed E-state index contributed by atoms with van der Waals surface area (Å²) in [5, 5.41) is 18.7. The van der Waals surface area contributed by atoms with Crippen LogP contribution in [0.5, 0.6) is 0 Å². The molecule has 0 saturated carbocycles. The lowest BCUT2D eigenvalue weighted by atomic mass is 10.0. The lowest BCUT2D eigenvalue weighted by Crippen LogP contribution is -2.25. The van der Waals surface area contributed by atoms with Crippen LogP contribution in [0.3, 0.4) is 0 Å². The summed E-state index contributed by atoms with van der Waals surface area (Å²) in [4.78, 5) is 10.9. The molecule has 0 unspecified atom stereocenters. The molecule has 1 saturated heterocycles. The van der Waals surface area contributed by atoms with Gasteiger partial charge in [0, 0.05) is 13.7 Å². The molecule has 1 aromatic heterocycles. The molecule has 3 rings (SSSR count). The zero-order valence-electron chi connectivity index (χ0n) is 12.5. The van der Waals surface area contributed by atoms with Crippen molar-refractivity contribution >= 4 is 11.5 Å². The van der Waals surface area contributed by atoms with Gasteiger partial charge in [0.1, 0.15) is 11.8 Å². The molecule has 1 fully saturated rings. The van der Waals surface area contributed by atoms with E-state index >= 15 is 0 Å². The van der Waals surface area contributed by atoms with E-state index in [-0.39, 0.29) is 17.8 Å². The molecule has 2 heterocycles. The molecule has 7 heteroatoms. The Labute approximate surface area is 128 Å². The van der Waals surface area contributed by atoms with Crippen LogP contribution in [-0.2, 0) is 11.8 Å². The molecule has 0 spiro atoms. The van der Waals surface area contributed by atoms with Crippen molar-refractivity contribution in [3.63, 3.8) is 0 Å². The molecule has 1 aromatic carbocycles. The molecule has 0 amide bonds. The number of ether oxygens (including phenoxy) is 1. The Morgan fingerprint density at radius 3 is 2.82 bits per heavy atom. The number of hydrogen-bond acceptors (Lipinski definition) is 5. The standard InChI is InChI=1S/C15H18N4O3/c1-10-13(19(20)21)15(18(2)17-10)16-12-8-9-22-14(12)11-6-4-3-5-7-11/h3-7,12,14,16H,8-9H2,1-2H3/t12-,14-/m0/s1. The molecule has 2 atom stereocenters. The third-order valence-corrected chi connectivity index (χ3v) is 3.92. The van der Waals surface area contributed by atoms with Crippen molar-refractivity contribution in [1.29, 1.82) is 0 Å². The predicted octanol–water partition coefficient (Wildman–Crippen LogP) is 2.58. The van der Waals surface area contributed by atoms with Crippen molar-refractivity contribution in [2.75, 3.05) is 11.9 Å². The van der Waals surface area contributed by atoms with Gasteiger partial charge in [0.25, 0.3) is 0 Å². The number of nitro groups is 1. The monoisotopic (exact) mass is 302 g/mol. The van der Waals surface area contributed by atoms with Gasteiger partial charge in [-0.2, -0.15) is 5.10 Å². The van der Waals surface area contributed by atoms with Gasteiger partial charge < -0.3 is 10.1 Å². The Morgan fingerprint density at radius 2 is 2.14 bits per heavy atom. The zero-order valence-corrected chi connectivity index (χ0v) is 12.5. The number of rotatable bonds is 4. The first-order chi connectivity index (χ1) is 10.6. The number of aryl methyl sites for hydroxylation is 2. The maximum Gasteiger partial charge on any atom is 0.333 e. The number of benzene rings is 1. The van der Waals surface area contributed by atoms with Crippen molar-refractivity contribution in [1.82, 2.24) is 9.78 Å². The Hall–Kier alpha value is -2.41. The highest BCUT2D eigenvalue weighted by Crippen LogP contribution is 2.34. The predicted molar refractivity (Wildman–Crippen MR) is 81.8 cm³/mol. The molecule has 0 radical (unpaired) electrons. The fraction of sp³-hybridized carbons (Fsp3) is 0.400. The van der Waals surface area contributed by atoms with E-state index in [1.165, 1.54) is 4.68 Å². The summed E-state index contributed by atoms with van der Waals surface area (Å²) in [6.07, 6.45) is 0.678. The molecular formula is C15H18N4O3. The van der Waals surface area contributed by atoms with E-state index < -0.39 is 4.92 Å². The van der Waals surface area contributed by atoms with Crippen molar-refractivity contribution in [2.45, 2.75) is 25.5 Å². The summed E-state index contributed by atoms with van der Waals surface area (Å²) in [5.74, 6) is 0.430. The second-order valence-corrected chi connectivity index (χ2v) is 5.40. The summed E-state index contributed by atoms with van der Waals surface area (Å²) < 4.78 is 7.33. The number of anilines is 1. The van der Waals surface area contributed by atoms with E-state index in [9.17, 15) is 10.1 Å². The van der Waals surface area contributed by atoms with E-state index in [0.29, 0.717) is 18.1 Å². The van der Waals surface area contributed by atoms with Gasteiger partial charge in [-0.05, 0) is 18.9 Å². The number of aromatic nitrogens is 2. The summed E-state index contributed by atoms with van der Waals surface area (Å²) >= 11 is 0. The third kappa shape index (κ3) is 2.55. The van der Waals surface area contributed by atoms with Crippen LogP contribution >= 0.6 is 0 Å². The molecule has 1 N–H and O–H groups in total. The Morgan fingerprint density at radius 1 is 1.41 bits per heavy atom. The zero-order chi connectivity index (χ0) is 15.7. The van der Waals surface area contributed by atoms with Crippen molar-refractivity contribution < 1.29 is 9.66 Å². The van der Waals surface area contributed by atoms with Crippen LogP contribution in [0.1, 0.15) is 23.8 Å². The Balaban J connectivity index is 1.88. The quantitative estimate of drug-likeness (QED) is 0.693. The molecule has 116 valence electrons. The van der Waals surface area contributed by atoms with Crippen molar-refractivity contribution in [3.8, 4) is 0 Å². The molecule has 0 bridgehead atoms. The van der Waals surface area contributed by atoms with Gasteiger partial charge in [-0.15, -0.1) is 0 Å². The minimum absolute atomic E-state index is 0.0177. The van der Waals surface area contributed by atoms with Crippen LogP contribution in [0.25, 0.3) is 0 Å². The summed E-state index contributed by atoms with van der Waals surface area (Å²) in [5.41, 5.74) is 1.51. The van der Waals surface area contributed by atoms with Crippen LogP contribution in [0, 0.1) is 17.0 Å². The highest BCUT2D eigenvalue weighted by atomic mass is 16.6. The maximum atomic E-state index is 11.3. The van der Waals surface area contributed by atoms with E-state index in [2.05, 4.69) is 10.4 Å². The van der Waals surface area contributed by atoms with E-state index in [1.54, 1.807) is 14.0 Å². The summed E-state index contributed by atoms with van der Waals surface area (Å²) in [7, 11) is 1.70. The fourth-order valence-corrected chi connectivity index (χ4v) is 2.91. The second kappa shape index (κ2) is 5.76. The smallest absolute Gasteiger partial charge is 0.333 e. The van der Waals surface area contributed by atoms with Crippen LogP contribution in [0.2, 0.25) is 0 Å². The van der Waals surface area contributed by atoms with Crippen molar-refractivity contribution in [3.05, 3.63) is 51.7 Å². The average Bonchev–Trinajstić information content (AvgIpc) is 3.05.